The molecule has 0 atom stereocenters. The smallest absolute Gasteiger partial charge is 0.261 e. The molecule has 0 aliphatic carbocycles. The number of nitrogens with zero attached hydrogens (tertiary/aromatic N) is 5. The molecule has 0 bridgehead atoms. The predicted octanol–water partition coefficient (Wildman–Crippen LogP) is 3.86. The van der Waals surface area contributed by atoms with Gasteiger partial charge in [-0.1, -0.05) is 18.9 Å². The third-order valence-electron chi connectivity index (χ3n) is 5.55. The van der Waals surface area contributed by atoms with Gasteiger partial charge in [0.15, 0.2) is 0 Å². The summed E-state index contributed by atoms with van der Waals surface area (Å²) in [5, 5.41) is 7.55. The Bertz CT molecular complexity index is 1010. The van der Waals surface area contributed by atoms with Crippen LogP contribution in [0.15, 0.2) is 36.7 Å². The van der Waals surface area contributed by atoms with E-state index in [1.165, 1.54) is 31.4 Å². The van der Waals surface area contributed by atoms with E-state index in [0.29, 0.717) is 11.3 Å². The molecule has 2 aromatic heterocycles. The highest BCUT2D eigenvalue weighted by Crippen LogP contribution is 2.25. The molecule has 1 aromatic carbocycles. The molecule has 0 radical (unpaired) electrons. The van der Waals surface area contributed by atoms with Crippen LogP contribution in [0, 0.1) is 13.8 Å². The average Bonchev–Trinajstić information content (AvgIpc) is 3.10. The molecule has 29 heavy (non-hydrogen) atoms. The van der Waals surface area contributed by atoms with Crippen LogP contribution in [0.5, 0.6) is 0 Å². The topological polar surface area (TPSA) is 68.0 Å². The lowest BCUT2D eigenvalue weighted by molar-refractivity contribution is 0.102. The van der Waals surface area contributed by atoms with Crippen LogP contribution < -0.4 is 10.2 Å². The fourth-order valence-corrected chi connectivity index (χ4v) is 4.09. The summed E-state index contributed by atoms with van der Waals surface area (Å²) in [6, 6.07) is 8.13. The van der Waals surface area contributed by atoms with Gasteiger partial charge in [-0.15, -0.1) is 0 Å². The molecule has 7 heteroatoms. The zero-order valence-corrected chi connectivity index (χ0v) is 17.4. The first-order chi connectivity index (χ1) is 14.0. The summed E-state index contributed by atoms with van der Waals surface area (Å²) >= 11 is 0. The fraction of sp³-hybridized carbons (Fsp3) is 0.409. The monoisotopic (exact) mass is 392 g/mol. The Morgan fingerprint density at radius 1 is 1.10 bits per heavy atom. The second-order valence-corrected chi connectivity index (χ2v) is 7.66. The number of rotatable bonds is 4. The molecule has 4 rings (SSSR count). The largest absolute Gasteiger partial charge is 0.371 e. The number of hydrogen-bond acceptors (Lipinski definition) is 4. The number of carbonyl (C=O) groups is 1. The number of nitrogens with one attached hydrogen (secondary N) is 1. The van der Waals surface area contributed by atoms with Crippen LogP contribution in [0.2, 0.25) is 0 Å². The SMILES string of the molecule is Cc1nn(C)c(-n2ccnc2C)c1C(=O)Nc1cccc(N2CCCCCC2)c1. The number of benzene rings is 1. The first-order valence-electron chi connectivity index (χ1n) is 10.2. The third kappa shape index (κ3) is 3.90. The van der Waals surface area contributed by atoms with Crippen molar-refractivity contribution < 1.29 is 4.79 Å². The Balaban J connectivity index is 1.61. The molecule has 1 amide bonds. The quantitative estimate of drug-likeness (QED) is 0.732. The minimum Gasteiger partial charge on any atom is -0.371 e. The van der Waals surface area contributed by atoms with Gasteiger partial charge in [-0.3, -0.25) is 14.0 Å². The van der Waals surface area contributed by atoms with Crippen molar-refractivity contribution in [2.24, 2.45) is 7.05 Å². The Labute approximate surface area is 171 Å². The number of imidazole rings is 1. The van der Waals surface area contributed by atoms with E-state index in [9.17, 15) is 4.79 Å². The van der Waals surface area contributed by atoms with Crippen molar-refractivity contribution in [2.45, 2.75) is 39.5 Å². The molecule has 152 valence electrons. The molecule has 0 saturated carbocycles. The van der Waals surface area contributed by atoms with E-state index >= 15 is 0 Å². The average molecular weight is 393 g/mol. The number of anilines is 2. The lowest BCUT2D eigenvalue weighted by atomic mass is 10.2. The van der Waals surface area contributed by atoms with E-state index in [0.717, 1.165) is 30.4 Å². The van der Waals surface area contributed by atoms with Crippen molar-refractivity contribution in [3.8, 4) is 5.82 Å². The summed E-state index contributed by atoms with van der Waals surface area (Å²) in [6.45, 7) is 5.92. The van der Waals surface area contributed by atoms with Gasteiger partial charge < -0.3 is 10.2 Å². The van der Waals surface area contributed by atoms with Gasteiger partial charge in [-0.05, 0) is 44.9 Å². The van der Waals surface area contributed by atoms with Crippen LogP contribution in [0.4, 0.5) is 11.4 Å². The first kappa shape index (κ1) is 19.2. The number of carbonyl (C=O) groups excluding carboxylic acids is 1. The second kappa shape index (κ2) is 8.11. The lowest BCUT2D eigenvalue weighted by Crippen LogP contribution is -2.24. The first-order valence-corrected chi connectivity index (χ1v) is 10.2. The van der Waals surface area contributed by atoms with Gasteiger partial charge in [0, 0.05) is 43.9 Å². The molecule has 0 spiro atoms. The van der Waals surface area contributed by atoms with E-state index < -0.39 is 0 Å². The highest BCUT2D eigenvalue weighted by atomic mass is 16.1. The van der Waals surface area contributed by atoms with Gasteiger partial charge in [-0.25, -0.2) is 4.98 Å². The van der Waals surface area contributed by atoms with Crippen molar-refractivity contribution >= 4 is 17.3 Å². The van der Waals surface area contributed by atoms with Gasteiger partial charge in [-0.2, -0.15) is 5.10 Å². The van der Waals surface area contributed by atoms with Gasteiger partial charge in [0.2, 0.25) is 0 Å². The normalized spacial score (nSPS) is 14.7. The molecule has 1 fully saturated rings. The van der Waals surface area contributed by atoms with E-state index in [1.807, 2.05) is 43.8 Å². The molecule has 3 heterocycles. The van der Waals surface area contributed by atoms with Crippen molar-refractivity contribution in [1.29, 1.82) is 0 Å². The summed E-state index contributed by atoms with van der Waals surface area (Å²) in [5.41, 5.74) is 3.22. The van der Waals surface area contributed by atoms with Crippen LogP contribution in [-0.4, -0.2) is 38.3 Å². The van der Waals surface area contributed by atoms with Crippen LogP contribution in [0.25, 0.3) is 5.82 Å². The molecular formula is C22H28N6O. The van der Waals surface area contributed by atoms with Crippen LogP contribution in [-0.2, 0) is 7.05 Å². The minimum absolute atomic E-state index is 0.160. The summed E-state index contributed by atoms with van der Waals surface area (Å²) in [5.74, 6) is 1.37. The van der Waals surface area contributed by atoms with E-state index in [4.69, 9.17) is 0 Å². The van der Waals surface area contributed by atoms with Crippen LogP contribution in [0.3, 0.4) is 0 Å². The molecule has 0 unspecified atom stereocenters. The Kier molecular flexibility index (Phi) is 5.38. The highest BCUT2D eigenvalue weighted by Gasteiger charge is 2.23. The Morgan fingerprint density at radius 2 is 1.86 bits per heavy atom. The summed E-state index contributed by atoms with van der Waals surface area (Å²) in [6.07, 6.45) is 8.61. The maximum absolute atomic E-state index is 13.2. The van der Waals surface area contributed by atoms with Crippen molar-refractivity contribution in [2.75, 3.05) is 23.3 Å². The molecule has 1 aliphatic rings. The number of amides is 1. The number of hydrogen-bond donors (Lipinski definition) is 1. The Hall–Kier alpha value is -3.09. The van der Waals surface area contributed by atoms with Gasteiger partial charge in [0.05, 0.1) is 5.69 Å². The van der Waals surface area contributed by atoms with Crippen LogP contribution in [0.1, 0.15) is 47.6 Å². The maximum atomic E-state index is 13.2. The summed E-state index contributed by atoms with van der Waals surface area (Å²) < 4.78 is 3.62. The van der Waals surface area contributed by atoms with Crippen LogP contribution >= 0.6 is 0 Å². The molecule has 3 aromatic rings. The second-order valence-electron chi connectivity index (χ2n) is 7.66. The lowest BCUT2D eigenvalue weighted by Gasteiger charge is -2.23. The number of aryl methyl sites for hydroxylation is 3. The Morgan fingerprint density at radius 3 is 2.55 bits per heavy atom. The standard InChI is InChI=1S/C22H28N6O/c1-16-20(22(26(3)25-16)28-14-11-23-17(28)2)21(29)24-18-9-8-10-19(15-18)27-12-6-4-5-7-13-27/h8-11,14-15H,4-7,12-13H2,1-3H3,(H,24,29). The summed E-state index contributed by atoms with van der Waals surface area (Å²) in [4.78, 5) is 19.9. The molecule has 1 saturated heterocycles. The molecular weight excluding hydrogens is 364 g/mol. The minimum atomic E-state index is -0.160. The van der Waals surface area contributed by atoms with Gasteiger partial charge in [0.1, 0.15) is 17.2 Å². The van der Waals surface area contributed by atoms with E-state index in [-0.39, 0.29) is 5.91 Å². The predicted molar refractivity (Wildman–Crippen MR) is 115 cm³/mol. The molecule has 1 N–H and O–H groups in total. The summed E-state index contributed by atoms with van der Waals surface area (Å²) in [7, 11) is 1.85. The third-order valence-corrected chi connectivity index (χ3v) is 5.55. The fourth-order valence-electron chi connectivity index (χ4n) is 4.09. The van der Waals surface area contributed by atoms with Crippen molar-refractivity contribution in [3.05, 3.63) is 53.7 Å². The van der Waals surface area contributed by atoms with Gasteiger partial charge >= 0.3 is 0 Å². The van der Waals surface area contributed by atoms with E-state index in [1.54, 1.807) is 10.9 Å². The zero-order valence-electron chi connectivity index (χ0n) is 17.4. The zero-order chi connectivity index (χ0) is 20.4. The maximum Gasteiger partial charge on any atom is 0.261 e. The molecule has 7 nitrogen and oxygen atoms in total. The van der Waals surface area contributed by atoms with Crippen molar-refractivity contribution in [1.82, 2.24) is 19.3 Å². The molecule has 1 aliphatic heterocycles. The van der Waals surface area contributed by atoms with Crippen molar-refractivity contribution in [3.63, 3.8) is 0 Å². The number of aromatic nitrogens is 4. The van der Waals surface area contributed by atoms with Gasteiger partial charge in [0.25, 0.3) is 5.91 Å². The van der Waals surface area contributed by atoms with E-state index in [2.05, 4.69) is 32.4 Å². The highest BCUT2D eigenvalue weighted by molar-refractivity contribution is 6.07.